The van der Waals surface area contributed by atoms with E-state index in [9.17, 15) is 9.18 Å². The molecule has 2 heterocycles. The van der Waals surface area contributed by atoms with E-state index in [0.29, 0.717) is 23.5 Å². The highest BCUT2D eigenvalue weighted by Gasteiger charge is 2.31. The first-order valence-corrected chi connectivity index (χ1v) is 8.24. The van der Waals surface area contributed by atoms with E-state index in [1.807, 2.05) is 30.0 Å². The van der Waals surface area contributed by atoms with Gasteiger partial charge in [-0.05, 0) is 50.6 Å². The van der Waals surface area contributed by atoms with E-state index < -0.39 is 5.82 Å². The number of rotatable bonds is 4. The van der Waals surface area contributed by atoms with Crippen molar-refractivity contribution in [1.82, 2.24) is 9.88 Å². The SMILES string of the molecule is Cc1cccc(NC(=O)[C@@H]2CCCN2Cc2ccc(C#N)cc2F)n1. The molecule has 1 amide bonds. The third-order valence-corrected chi connectivity index (χ3v) is 4.36. The summed E-state index contributed by atoms with van der Waals surface area (Å²) >= 11 is 0. The zero-order valence-corrected chi connectivity index (χ0v) is 14.0. The van der Waals surface area contributed by atoms with Gasteiger partial charge in [-0.1, -0.05) is 12.1 Å². The molecule has 1 saturated heterocycles. The number of nitrogens with zero attached hydrogens (tertiary/aromatic N) is 3. The summed E-state index contributed by atoms with van der Waals surface area (Å²) in [7, 11) is 0. The van der Waals surface area contributed by atoms with Crippen LogP contribution in [0.25, 0.3) is 0 Å². The number of nitriles is 1. The molecule has 1 fully saturated rings. The fourth-order valence-corrected chi connectivity index (χ4v) is 3.10. The van der Waals surface area contributed by atoms with Crippen LogP contribution in [0.5, 0.6) is 0 Å². The lowest BCUT2D eigenvalue weighted by molar-refractivity contribution is -0.120. The van der Waals surface area contributed by atoms with Crippen LogP contribution in [0.4, 0.5) is 10.2 Å². The Morgan fingerprint density at radius 2 is 2.28 bits per heavy atom. The van der Waals surface area contributed by atoms with Gasteiger partial charge in [0.1, 0.15) is 11.6 Å². The number of hydrogen-bond donors (Lipinski definition) is 1. The van der Waals surface area contributed by atoms with Crippen LogP contribution >= 0.6 is 0 Å². The van der Waals surface area contributed by atoms with Gasteiger partial charge in [0, 0.05) is 17.8 Å². The summed E-state index contributed by atoms with van der Waals surface area (Å²) in [6.07, 6.45) is 1.62. The molecule has 1 atom stereocenters. The summed E-state index contributed by atoms with van der Waals surface area (Å²) in [5.41, 5.74) is 1.62. The minimum Gasteiger partial charge on any atom is -0.309 e. The van der Waals surface area contributed by atoms with E-state index in [4.69, 9.17) is 5.26 Å². The van der Waals surface area contributed by atoms with Crippen LogP contribution in [0, 0.1) is 24.1 Å². The van der Waals surface area contributed by atoms with Crippen LogP contribution in [0.2, 0.25) is 0 Å². The van der Waals surface area contributed by atoms with Crippen LogP contribution in [0.3, 0.4) is 0 Å². The third-order valence-electron chi connectivity index (χ3n) is 4.36. The van der Waals surface area contributed by atoms with Crippen molar-refractivity contribution in [3.63, 3.8) is 0 Å². The number of pyridine rings is 1. The molecule has 0 spiro atoms. The van der Waals surface area contributed by atoms with E-state index in [1.165, 1.54) is 6.07 Å². The number of likely N-dealkylation sites (tertiary alicyclic amines) is 1. The van der Waals surface area contributed by atoms with Crippen LogP contribution in [-0.4, -0.2) is 28.4 Å². The fourth-order valence-electron chi connectivity index (χ4n) is 3.10. The molecule has 3 rings (SSSR count). The van der Waals surface area contributed by atoms with Gasteiger partial charge < -0.3 is 5.32 Å². The van der Waals surface area contributed by atoms with Crippen molar-refractivity contribution < 1.29 is 9.18 Å². The van der Waals surface area contributed by atoms with Crippen molar-refractivity contribution in [2.45, 2.75) is 32.4 Å². The maximum Gasteiger partial charge on any atom is 0.242 e. The Hall–Kier alpha value is -2.78. The number of hydrogen-bond acceptors (Lipinski definition) is 4. The number of aryl methyl sites for hydroxylation is 1. The van der Waals surface area contributed by atoms with Gasteiger partial charge in [0.2, 0.25) is 5.91 Å². The number of halogens is 1. The maximum atomic E-state index is 14.1. The first-order valence-electron chi connectivity index (χ1n) is 8.24. The standard InChI is InChI=1S/C19H19FN4O/c1-13-4-2-6-18(22-13)23-19(25)17-5-3-9-24(17)12-15-8-7-14(11-21)10-16(15)20/h2,4,6-8,10,17H,3,5,9,12H2,1H3,(H,22,23,25)/t17-/m0/s1. The van der Waals surface area contributed by atoms with E-state index in [0.717, 1.165) is 25.1 Å². The number of anilines is 1. The van der Waals surface area contributed by atoms with E-state index >= 15 is 0 Å². The molecule has 1 aromatic carbocycles. The number of carbonyl (C=O) groups excluding carboxylic acids is 1. The van der Waals surface area contributed by atoms with E-state index in [-0.39, 0.29) is 11.9 Å². The predicted molar refractivity (Wildman–Crippen MR) is 92.2 cm³/mol. The molecule has 1 aliphatic rings. The molecule has 1 aromatic heterocycles. The summed E-state index contributed by atoms with van der Waals surface area (Å²) in [4.78, 5) is 18.8. The average molecular weight is 338 g/mol. The zero-order chi connectivity index (χ0) is 17.8. The number of benzene rings is 1. The van der Waals surface area contributed by atoms with Gasteiger partial charge in [-0.25, -0.2) is 9.37 Å². The minimum atomic E-state index is -0.412. The number of nitrogens with one attached hydrogen (secondary N) is 1. The second-order valence-electron chi connectivity index (χ2n) is 6.20. The molecule has 0 radical (unpaired) electrons. The van der Waals surface area contributed by atoms with Gasteiger partial charge in [0.05, 0.1) is 17.7 Å². The highest BCUT2D eigenvalue weighted by atomic mass is 19.1. The van der Waals surface area contributed by atoms with Crippen molar-refractivity contribution in [2.75, 3.05) is 11.9 Å². The smallest absolute Gasteiger partial charge is 0.242 e. The molecule has 2 aromatic rings. The summed E-state index contributed by atoms with van der Waals surface area (Å²) in [5.74, 6) is -0.00323. The van der Waals surface area contributed by atoms with Crippen molar-refractivity contribution in [3.05, 3.63) is 59.0 Å². The van der Waals surface area contributed by atoms with Crippen LogP contribution in [-0.2, 0) is 11.3 Å². The predicted octanol–water partition coefficient (Wildman–Crippen LogP) is 3.00. The Kier molecular flexibility index (Phi) is 5.05. The van der Waals surface area contributed by atoms with Gasteiger partial charge >= 0.3 is 0 Å². The van der Waals surface area contributed by atoms with Gasteiger partial charge in [0.15, 0.2) is 0 Å². The van der Waals surface area contributed by atoms with Crippen LogP contribution in [0.1, 0.15) is 29.7 Å². The number of aromatic nitrogens is 1. The Morgan fingerprint density at radius 3 is 3.00 bits per heavy atom. The van der Waals surface area contributed by atoms with Crippen LogP contribution in [0.15, 0.2) is 36.4 Å². The third kappa shape index (κ3) is 4.01. The Labute approximate surface area is 146 Å². The highest BCUT2D eigenvalue weighted by molar-refractivity contribution is 5.94. The topological polar surface area (TPSA) is 69.0 Å². The van der Waals surface area contributed by atoms with Gasteiger partial charge in [-0.2, -0.15) is 5.26 Å². The number of carbonyl (C=O) groups is 1. The lowest BCUT2D eigenvalue weighted by Gasteiger charge is -2.23. The van der Waals surface area contributed by atoms with Crippen molar-refractivity contribution >= 4 is 11.7 Å². The number of amides is 1. The van der Waals surface area contributed by atoms with Crippen molar-refractivity contribution in [2.24, 2.45) is 0 Å². The summed E-state index contributed by atoms with van der Waals surface area (Å²) in [6, 6.07) is 11.5. The second-order valence-corrected chi connectivity index (χ2v) is 6.20. The zero-order valence-electron chi connectivity index (χ0n) is 14.0. The molecular formula is C19H19FN4O. The Balaban J connectivity index is 1.70. The molecule has 0 aliphatic carbocycles. The fraction of sp³-hybridized carbons (Fsp3) is 0.316. The molecule has 0 bridgehead atoms. The van der Waals surface area contributed by atoms with Crippen molar-refractivity contribution in [1.29, 1.82) is 5.26 Å². The summed E-state index contributed by atoms with van der Waals surface area (Å²) in [6.45, 7) is 2.95. The molecule has 6 heteroatoms. The first-order chi connectivity index (χ1) is 12.1. The Bertz CT molecular complexity index is 830. The maximum absolute atomic E-state index is 14.1. The normalized spacial score (nSPS) is 17.2. The van der Waals surface area contributed by atoms with E-state index in [1.54, 1.807) is 18.2 Å². The molecule has 0 unspecified atom stereocenters. The van der Waals surface area contributed by atoms with E-state index in [2.05, 4.69) is 10.3 Å². The van der Waals surface area contributed by atoms with Crippen LogP contribution < -0.4 is 5.32 Å². The molecule has 1 aliphatic heterocycles. The molecule has 128 valence electrons. The quantitative estimate of drug-likeness (QED) is 0.930. The van der Waals surface area contributed by atoms with Gasteiger partial charge in [-0.3, -0.25) is 9.69 Å². The second kappa shape index (κ2) is 7.41. The largest absolute Gasteiger partial charge is 0.309 e. The highest BCUT2D eigenvalue weighted by Crippen LogP contribution is 2.23. The molecule has 5 nitrogen and oxygen atoms in total. The minimum absolute atomic E-state index is 0.121. The lowest BCUT2D eigenvalue weighted by Crippen LogP contribution is -2.39. The van der Waals surface area contributed by atoms with Crippen molar-refractivity contribution in [3.8, 4) is 6.07 Å². The molecule has 0 saturated carbocycles. The molecular weight excluding hydrogens is 319 g/mol. The summed E-state index contributed by atoms with van der Waals surface area (Å²) in [5, 5.41) is 11.7. The average Bonchev–Trinajstić information content (AvgIpc) is 3.05. The van der Waals surface area contributed by atoms with Gasteiger partial charge in [-0.15, -0.1) is 0 Å². The molecule has 25 heavy (non-hydrogen) atoms. The molecule has 1 N–H and O–H groups in total. The Morgan fingerprint density at radius 1 is 1.44 bits per heavy atom. The first kappa shape index (κ1) is 17.1. The van der Waals surface area contributed by atoms with Gasteiger partial charge in [0.25, 0.3) is 0 Å². The summed E-state index contributed by atoms with van der Waals surface area (Å²) < 4.78 is 14.1. The monoisotopic (exact) mass is 338 g/mol. The lowest BCUT2D eigenvalue weighted by atomic mass is 10.1.